The minimum Gasteiger partial charge on any atom is -0.393 e. The molecular weight excluding hydrogens is 158 g/mol. The molecule has 0 aliphatic carbocycles. The van der Waals surface area contributed by atoms with E-state index in [-0.39, 0.29) is 19.1 Å². The normalized spacial score (nSPS) is 30.9. The van der Waals surface area contributed by atoms with Gasteiger partial charge in [0.15, 0.2) is 0 Å². The Balaban J connectivity index is 2.61. The highest BCUT2D eigenvalue weighted by Gasteiger charge is 2.34. The van der Waals surface area contributed by atoms with Gasteiger partial charge in [-0.2, -0.15) is 0 Å². The van der Waals surface area contributed by atoms with E-state index in [1.54, 1.807) is 4.90 Å². The highest BCUT2D eigenvalue weighted by atomic mass is 16.5. The molecule has 1 atom stereocenters. The zero-order valence-corrected chi connectivity index (χ0v) is 7.54. The van der Waals surface area contributed by atoms with Gasteiger partial charge in [0.1, 0.15) is 12.2 Å². The smallest absolute Gasteiger partial charge is 0.248 e. The first-order valence-corrected chi connectivity index (χ1v) is 4.14. The summed E-state index contributed by atoms with van der Waals surface area (Å²) in [7, 11) is 0. The quantitative estimate of drug-likeness (QED) is 0.619. The number of carbonyl (C=O) groups is 1. The van der Waals surface area contributed by atoms with Crippen LogP contribution in [0.2, 0.25) is 0 Å². The van der Waals surface area contributed by atoms with Crippen LogP contribution in [0.4, 0.5) is 0 Å². The first kappa shape index (κ1) is 9.48. The molecule has 70 valence electrons. The van der Waals surface area contributed by atoms with Gasteiger partial charge < -0.3 is 14.7 Å². The SMILES string of the molecule is CCN1CC(C)(CO)OCC1=O. The Morgan fingerprint density at radius 1 is 1.75 bits per heavy atom. The number of morpholine rings is 1. The lowest BCUT2D eigenvalue weighted by molar-refractivity contribution is -0.166. The Morgan fingerprint density at radius 3 is 2.92 bits per heavy atom. The average Bonchev–Trinajstić information content (AvgIpc) is 2.10. The Kier molecular flexibility index (Phi) is 2.69. The molecule has 1 aliphatic heterocycles. The fraction of sp³-hybridized carbons (Fsp3) is 0.875. The second-order valence-electron chi connectivity index (χ2n) is 3.30. The third kappa shape index (κ3) is 1.76. The fourth-order valence-corrected chi connectivity index (χ4v) is 1.25. The van der Waals surface area contributed by atoms with Crippen molar-refractivity contribution in [3.05, 3.63) is 0 Å². The molecule has 1 rings (SSSR count). The molecule has 4 heteroatoms. The van der Waals surface area contributed by atoms with Crippen LogP contribution in [0.1, 0.15) is 13.8 Å². The summed E-state index contributed by atoms with van der Waals surface area (Å²) < 4.78 is 5.22. The van der Waals surface area contributed by atoms with Gasteiger partial charge in [-0.25, -0.2) is 0 Å². The summed E-state index contributed by atoms with van der Waals surface area (Å²) in [5.74, 6) is 0.00317. The Morgan fingerprint density at radius 2 is 2.42 bits per heavy atom. The number of likely N-dealkylation sites (N-methyl/N-ethyl adjacent to an activating group) is 1. The lowest BCUT2D eigenvalue weighted by atomic mass is 10.1. The number of hydrogen-bond donors (Lipinski definition) is 1. The van der Waals surface area contributed by atoms with E-state index in [4.69, 9.17) is 9.84 Å². The van der Waals surface area contributed by atoms with E-state index in [2.05, 4.69) is 0 Å². The number of aliphatic hydroxyl groups is 1. The third-order valence-electron chi connectivity index (χ3n) is 2.14. The number of amides is 1. The van der Waals surface area contributed by atoms with Crippen molar-refractivity contribution in [2.24, 2.45) is 0 Å². The van der Waals surface area contributed by atoms with Crippen molar-refractivity contribution in [1.29, 1.82) is 0 Å². The van der Waals surface area contributed by atoms with Crippen LogP contribution in [0.15, 0.2) is 0 Å². The second-order valence-corrected chi connectivity index (χ2v) is 3.30. The maximum absolute atomic E-state index is 11.1. The zero-order valence-electron chi connectivity index (χ0n) is 7.54. The van der Waals surface area contributed by atoms with Crippen molar-refractivity contribution < 1.29 is 14.6 Å². The molecule has 12 heavy (non-hydrogen) atoms. The van der Waals surface area contributed by atoms with Crippen molar-refractivity contribution in [3.63, 3.8) is 0 Å². The molecule has 0 spiro atoms. The third-order valence-corrected chi connectivity index (χ3v) is 2.14. The van der Waals surface area contributed by atoms with Crippen molar-refractivity contribution in [2.75, 3.05) is 26.3 Å². The number of aliphatic hydroxyl groups excluding tert-OH is 1. The molecule has 0 radical (unpaired) electrons. The summed E-state index contributed by atoms with van der Waals surface area (Å²) in [6, 6.07) is 0. The molecule has 1 aliphatic rings. The maximum Gasteiger partial charge on any atom is 0.248 e. The number of carbonyl (C=O) groups excluding carboxylic acids is 1. The zero-order chi connectivity index (χ0) is 9.19. The molecule has 4 nitrogen and oxygen atoms in total. The van der Waals surface area contributed by atoms with Gasteiger partial charge in [-0.3, -0.25) is 4.79 Å². The van der Waals surface area contributed by atoms with Crippen LogP contribution in [0, 0.1) is 0 Å². The van der Waals surface area contributed by atoms with Gasteiger partial charge in [-0.15, -0.1) is 0 Å². The van der Waals surface area contributed by atoms with Crippen LogP contribution in [0.5, 0.6) is 0 Å². The summed E-state index contributed by atoms with van der Waals surface area (Å²) >= 11 is 0. The van der Waals surface area contributed by atoms with Gasteiger partial charge in [0, 0.05) is 6.54 Å². The van der Waals surface area contributed by atoms with Crippen LogP contribution in [0.25, 0.3) is 0 Å². The number of ether oxygens (including phenoxy) is 1. The van der Waals surface area contributed by atoms with E-state index >= 15 is 0 Å². The highest BCUT2D eigenvalue weighted by molar-refractivity contribution is 5.78. The van der Waals surface area contributed by atoms with E-state index in [0.717, 1.165) is 0 Å². The molecule has 0 bridgehead atoms. The number of nitrogens with zero attached hydrogens (tertiary/aromatic N) is 1. The Bertz CT molecular complexity index is 183. The number of hydrogen-bond acceptors (Lipinski definition) is 3. The van der Waals surface area contributed by atoms with Gasteiger partial charge in [0.05, 0.1) is 13.2 Å². The molecule has 1 N–H and O–H groups in total. The topological polar surface area (TPSA) is 49.8 Å². The van der Waals surface area contributed by atoms with Gasteiger partial charge in [0.25, 0.3) is 0 Å². The van der Waals surface area contributed by atoms with Crippen molar-refractivity contribution in [3.8, 4) is 0 Å². The molecule has 1 fully saturated rings. The number of rotatable bonds is 2. The summed E-state index contributed by atoms with van der Waals surface area (Å²) in [6.07, 6.45) is 0. The Labute approximate surface area is 72.1 Å². The standard InChI is InChI=1S/C8H15NO3/c1-3-9-5-8(2,6-10)12-4-7(9)11/h10H,3-6H2,1-2H3. The molecule has 0 saturated carbocycles. The van der Waals surface area contributed by atoms with Gasteiger partial charge in [0.2, 0.25) is 5.91 Å². The van der Waals surface area contributed by atoms with E-state index < -0.39 is 5.60 Å². The van der Waals surface area contributed by atoms with Gasteiger partial charge >= 0.3 is 0 Å². The van der Waals surface area contributed by atoms with Crippen LogP contribution in [0.3, 0.4) is 0 Å². The summed E-state index contributed by atoms with van der Waals surface area (Å²) in [5.41, 5.74) is -0.566. The maximum atomic E-state index is 11.1. The van der Waals surface area contributed by atoms with E-state index in [1.807, 2.05) is 13.8 Å². The van der Waals surface area contributed by atoms with E-state index in [0.29, 0.717) is 13.1 Å². The molecule has 0 aromatic rings. The van der Waals surface area contributed by atoms with Crippen molar-refractivity contribution >= 4 is 5.91 Å². The molecule has 1 unspecified atom stereocenters. The van der Waals surface area contributed by atoms with Crippen molar-refractivity contribution in [1.82, 2.24) is 4.90 Å². The molecule has 1 saturated heterocycles. The molecule has 1 amide bonds. The lowest BCUT2D eigenvalue weighted by Crippen LogP contribution is -2.54. The second kappa shape index (κ2) is 3.41. The van der Waals surface area contributed by atoms with Gasteiger partial charge in [-0.1, -0.05) is 0 Å². The minimum absolute atomic E-state index is 0.00317. The molecule has 1 heterocycles. The van der Waals surface area contributed by atoms with Crippen molar-refractivity contribution in [2.45, 2.75) is 19.4 Å². The monoisotopic (exact) mass is 173 g/mol. The summed E-state index contributed by atoms with van der Waals surface area (Å²) in [6.45, 7) is 4.93. The molecule has 0 aromatic heterocycles. The first-order chi connectivity index (χ1) is 5.61. The predicted octanol–water partition coefficient (Wildman–Crippen LogP) is -0.384. The lowest BCUT2D eigenvalue weighted by Gasteiger charge is -2.38. The molecule has 0 aromatic carbocycles. The first-order valence-electron chi connectivity index (χ1n) is 4.14. The average molecular weight is 173 g/mol. The van der Waals surface area contributed by atoms with Crippen LogP contribution < -0.4 is 0 Å². The largest absolute Gasteiger partial charge is 0.393 e. The summed E-state index contributed by atoms with van der Waals surface area (Å²) in [4.78, 5) is 12.8. The Hall–Kier alpha value is -0.610. The van der Waals surface area contributed by atoms with E-state index in [9.17, 15) is 4.79 Å². The summed E-state index contributed by atoms with van der Waals surface area (Å²) in [5, 5.41) is 8.99. The fourth-order valence-electron chi connectivity index (χ4n) is 1.25. The van der Waals surface area contributed by atoms with Crippen LogP contribution in [-0.4, -0.2) is 47.8 Å². The van der Waals surface area contributed by atoms with Crippen LogP contribution >= 0.6 is 0 Å². The van der Waals surface area contributed by atoms with Crippen LogP contribution in [-0.2, 0) is 9.53 Å². The molecular formula is C8H15NO3. The minimum atomic E-state index is -0.566. The predicted molar refractivity (Wildman–Crippen MR) is 43.7 cm³/mol. The van der Waals surface area contributed by atoms with E-state index in [1.165, 1.54) is 0 Å². The highest BCUT2D eigenvalue weighted by Crippen LogP contribution is 2.16. The van der Waals surface area contributed by atoms with Gasteiger partial charge in [-0.05, 0) is 13.8 Å².